The van der Waals surface area contributed by atoms with E-state index in [0.29, 0.717) is 12.0 Å². The first-order chi connectivity index (χ1) is 8.02. The molecule has 2 atom stereocenters. The zero-order chi connectivity index (χ0) is 12.6. The molecule has 2 unspecified atom stereocenters. The van der Waals surface area contributed by atoms with E-state index in [1.54, 1.807) is 6.92 Å². The van der Waals surface area contributed by atoms with Crippen LogP contribution in [0.1, 0.15) is 17.3 Å². The van der Waals surface area contributed by atoms with Crippen LogP contribution in [0.25, 0.3) is 0 Å². The van der Waals surface area contributed by atoms with Gasteiger partial charge in [-0.1, -0.05) is 0 Å². The van der Waals surface area contributed by atoms with Crippen molar-refractivity contribution in [3.05, 3.63) is 27.8 Å². The fourth-order valence-electron chi connectivity index (χ4n) is 1.49. The van der Waals surface area contributed by atoms with Gasteiger partial charge in [-0.15, -0.1) is 0 Å². The summed E-state index contributed by atoms with van der Waals surface area (Å²) in [6.45, 7) is 1.69. The van der Waals surface area contributed by atoms with Crippen molar-refractivity contribution in [3.63, 3.8) is 0 Å². The number of carbonyl (C=O) groups excluding carboxylic acids is 1. The van der Waals surface area contributed by atoms with Crippen molar-refractivity contribution in [3.8, 4) is 11.5 Å². The van der Waals surface area contributed by atoms with E-state index in [2.05, 4.69) is 0 Å². The van der Waals surface area contributed by atoms with Crippen molar-refractivity contribution in [2.24, 2.45) is 5.73 Å². The van der Waals surface area contributed by atoms with Crippen LogP contribution < -0.4 is 15.2 Å². The van der Waals surface area contributed by atoms with Crippen LogP contribution in [0.15, 0.2) is 12.1 Å². The monoisotopic (exact) mass is 238 g/mol. The number of carbonyl (C=O) groups is 1. The number of nitro groups is 1. The van der Waals surface area contributed by atoms with E-state index in [1.165, 1.54) is 12.1 Å². The van der Waals surface area contributed by atoms with Crippen LogP contribution >= 0.6 is 0 Å². The molecule has 1 heterocycles. The van der Waals surface area contributed by atoms with Crippen molar-refractivity contribution >= 4 is 12.0 Å². The second-order valence-electron chi connectivity index (χ2n) is 3.70. The molecule has 0 saturated carbocycles. The van der Waals surface area contributed by atoms with E-state index < -0.39 is 11.2 Å². The first-order valence-corrected chi connectivity index (χ1v) is 4.89. The molecule has 1 aromatic carbocycles. The lowest BCUT2D eigenvalue weighted by Gasteiger charge is -2.12. The molecular formula is C10H10N2O5. The number of nitrogens with two attached hydrogens (primary N) is 1. The molecule has 17 heavy (non-hydrogen) atoms. The van der Waals surface area contributed by atoms with Crippen molar-refractivity contribution in [1.29, 1.82) is 0 Å². The Labute approximate surface area is 96.3 Å². The van der Waals surface area contributed by atoms with Gasteiger partial charge in [0.15, 0.2) is 17.8 Å². The molecule has 1 aliphatic heterocycles. The van der Waals surface area contributed by atoms with E-state index in [0.717, 1.165) is 0 Å². The normalized spacial score (nSPS) is 18.8. The summed E-state index contributed by atoms with van der Waals surface area (Å²) in [6.07, 6.45) is -0.285. The molecule has 0 amide bonds. The molecule has 0 saturated heterocycles. The highest BCUT2D eigenvalue weighted by atomic mass is 16.7. The zero-order valence-corrected chi connectivity index (χ0v) is 8.95. The summed E-state index contributed by atoms with van der Waals surface area (Å²) in [5.41, 5.74) is 5.23. The largest absolute Gasteiger partial charge is 0.449 e. The van der Waals surface area contributed by atoms with Gasteiger partial charge in [-0.3, -0.25) is 14.9 Å². The lowest BCUT2D eigenvalue weighted by Crippen LogP contribution is -2.37. The second kappa shape index (κ2) is 4.02. The molecule has 1 aromatic rings. The minimum absolute atomic E-state index is 0.0531. The van der Waals surface area contributed by atoms with Crippen LogP contribution in [0, 0.1) is 10.1 Å². The number of nitro benzene ring substituents is 1. The molecule has 0 radical (unpaired) electrons. The van der Waals surface area contributed by atoms with Crippen molar-refractivity contribution in [1.82, 2.24) is 0 Å². The number of rotatable bonds is 3. The van der Waals surface area contributed by atoms with Gasteiger partial charge >= 0.3 is 0 Å². The summed E-state index contributed by atoms with van der Waals surface area (Å²) in [4.78, 5) is 20.8. The number of hydrogen-bond acceptors (Lipinski definition) is 6. The van der Waals surface area contributed by atoms with Crippen LogP contribution in [0.2, 0.25) is 0 Å². The summed E-state index contributed by atoms with van der Waals surface area (Å²) in [5.74, 6) is 0.518. The number of aldehydes is 1. The van der Waals surface area contributed by atoms with Crippen molar-refractivity contribution in [2.45, 2.75) is 19.3 Å². The molecule has 0 aliphatic carbocycles. The van der Waals surface area contributed by atoms with Crippen LogP contribution in [0.5, 0.6) is 11.5 Å². The molecule has 7 heteroatoms. The highest BCUT2D eigenvalue weighted by Crippen LogP contribution is 2.39. The fraction of sp³-hybridized carbons (Fsp3) is 0.300. The SMILES string of the molecule is CC(N)C1Oc2cc(C=O)c([N+](=O)[O-])cc2O1. The van der Waals surface area contributed by atoms with Crippen LogP contribution in [-0.2, 0) is 0 Å². The number of benzene rings is 1. The molecular weight excluding hydrogens is 228 g/mol. The Morgan fingerprint density at radius 1 is 1.47 bits per heavy atom. The molecule has 0 fully saturated rings. The summed E-state index contributed by atoms with van der Waals surface area (Å²) >= 11 is 0. The average Bonchev–Trinajstić information content (AvgIpc) is 2.69. The van der Waals surface area contributed by atoms with E-state index in [9.17, 15) is 14.9 Å². The molecule has 7 nitrogen and oxygen atoms in total. The third-order valence-corrected chi connectivity index (χ3v) is 2.33. The highest BCUT2D eigenvalue weighted by Gasteiger charge is 2.30. The molecule has 2 N–H and O–H groups in total. The number of hydrogen-bond donors (Lipinski definition) is 1. The topological polar surface area (TPSA) is 105 Å². The van der Waals surface area contributed by atoms with Gasteiger partial charge in [0.1, 0.15) is 0 Å². The molecule has 1 aliphatic rings. The Hall–Kier alpha value is -2.15. The summed E-state index contributed by atoms with van der Waals surface area (Å²) in [7, 11) is 0. The quantitative estimate of drug-likeness (QED) is 0.475. The van der Waals surface area contributed by atoms with Gasteiger partial charge in [0.25, 0.3) is 12.0 Å². The minimum Gasteiger partial charge on any atom is -0.449 e. The molecule has 0 aromatic heterocycles. The first-order valence-electron chi connectivity index (χ1n) is 4.89. The summed E-state index contributed by atoms with van der Waals surface area (Å²) < 4.78 is 10.6. The molecule has 90 valence electrons. The zero-order valence-electron chi connectivity index (χ0n) is 8.95. The molecule has 0 spiro atoms. The smallest absolute Gasteiger partial charge is 0.283 e. The Morgan fingerprint density at radius 2 is 2.06 bits per heavy atom. The maximum atomic E-state index is 10.7. The van der Waals surface area contributed by atoms with Crippen molar-refractivity contribution < 1.29 is 19.2 Å². The van der Waals surface area contributed by atoms with Crippen molar-refractivity contribution in [2.75, 3.05) is 0 Å². The third-order valence-electron chi connectivity index (χ3n) is 2.33. The molecule has 2 rings (SSSR count). The Bertz CT molecular complexity index is 486. The standard InChI is InChI=1S/C10H10N2O5/c1-5(11)10-16-8-2-6(4-13)7(12(14)15)3-9(8)17-10/h2-5,10H,11H2,1H3. The third kappa shape index (κ3) is 1.92. The predicted octanol–water partition coefficient (Wildman–Crippen LogP) is 0.852. The van der Waals surface area contributed by atoms with Gasteiger partial charge in [0.2, 0.25) is 0 Å². The minimum atomic E-state index is -0.688. The van der Waals surface area contributed by atoms with E-state index >= 15 is 0 Å². The Kier molecular flexibility index (Phi) is 2.68. The van der Waals surface area contributed by atoms with Gasteiger partial charge in [-0.05, 0) is 6.92 Å². The summed E-state index contributed by atoms with van der Waals surface area (Å²) in [5, 5.41) is 10.7. The first kappa shape index (κ1) is 11.3. The summed E-state index contributed by atoms with van der Waals surface area (Å²) in [6, 6.07) is 2.06. The lowest BCUT2D eigenvalue weighted by atomic mass is 10.2. The van der Waals surface area contributed by atoms with Gasteiger partial charge in [0.05, 0.1) is 22.6 Å². The van der Waals surface area contributed by atoms with Gasteiger partial charge in [-0.25, -0.2) is 0 Å². The maximum absolute atomic E-state index is 10.7. The Balaban J connectivity index is 2.43. The molecule has 0 bridgehead atoms. The van der Waals surface area contributed by atoms with Gasteiger partial charge in [-0.2, -0.15) is 0 Å². The van der Waals surface area contributed by atoms with Crippen LogP contribution in [0.3, 0.4) is 0 Å². The van der Waals surface area contributed by atoms with E-state index in [1.807, 2.05) is 0 Å². The van der Waals surface area contributed by atoms with Crippen LogP contribution in [0.4, 0.5) is 5.69 Å². The second-order valence-corrected chi connectivity index (χ2v) is 3.70. The predicted molar refractivity (Wildman–Crippen MR) is 57.2 cm³/mol. The Morgan fingerprint density at radius 3 is 2.53 bits per heavy atom. The number of fused-ring (bicyclic) bond motifs is 1. The maximum Gasteiger partial charge on any atom is 0.283 e. The van der Waals surface area contributed by atoms with Crippen LogP contribution in [-0.4, -0.2) is 23.5 Å². The number of ether oxygens (including phenoxy) is 2. The highest BCUT2D eigenvalue weighted by molar-refractivity contribution is 5.83. The van der Waals surface area contributed by atoms with Gasteiger partial charge < -0.3 is 15.2 Å². The van der Waals surface area contributed by atoms with E-state index in [4.69, 9.17) is 15.2 Å². The van der Waals surface area contributed by atoms with Gasteiger partial charge in [0, 0.05) is 6.07 Å². The fourth-order valence-corrected chi connectivity index (χ4v) is 1.49. The average molecular weight is 238 g/mol. The lowest BCUT2D eigenvalue weighted by molar-refractivity contribution is -0.385. The van der Waals surface area contributed by atoms with E-state index in [-0.39, 0.29) is 23.0 Å². The number of nitrogens with zero attached hydrogens (tertiary/aromatic N) is 1.